The number of aromatic nitrogens is 3. The van der Waals surface area contributed by atoms with Crippen molar-refractivity contribution < 1.29 is 9.53 Å². The summed E-state index contributed by atoms with van der Waals surface area (Å²) in [7, 11) is 1.96. The van der Waals surface area contributed by atoms with Crippen LogP contribution in [0.25, 0.3) is 0 Å². The highest BCUT2D eigenvalue weighted by Crippen LogP contribution is 2.21. The summed E-state index contributed by atoms with van der Waals surface area (Å²) in [4.78, 5) is 11.9. The van der Waals surface area contributed by atoms with Crippen LogP contribution < -0.4 is 5.32 Å². The number of nitrogens with zero attached hydrogens (tertiary/aromatic N) is 3. The standard InChI is InChI=1S/C17H22N4O2S/c1-21-15(9-10-18-16(22)14-8-5-11-23-14)19-20-17(21)24-12-13-6-3-2-4-7-13/h2-4,6-7,14H,5,8-12H2,1H3,(H,18,22)/t14-/m0/s1. The molecule has 3 rings (SSSR count). The normalized spacial score (nSPS) is 17.1. The first-order valence-electron chi connectivity index (χ1n) is 8.18. The molecule has 1 saturated heterocycles. The van der Waals surface area contributed by atoms with Gasteiger partial charge in [0.05, 0.1) is 0 Å². The van der Waals surface area contributed by atoms with Crippen LogP contribution in [0, 0.1) is 0 Å². The summed E-state index contributed by atoms with van der Waals surface area (Å²) in [6, 6.07) is 10.3. The summed E-state index contributed by atoms with van der Waals surface area (Å²) in [6.45, 7) is 1.23. The quantitative estimate of drug-likeness (QED) is 0.776. The first kappa shape index (κ1) is 17.0. The van der Waals surface area contributed by atoms with Crippen LogP contribution in [0.15, 0.2) is 35.5 Å². The number of ether oxygens (including phenoxy) is 1. The lowest BCUT2D eigenvalue weighted by Crippen LogP contribution is -2.35. The molecule has 1 aliphatic rings. The predicted molar refractivity (Wildman–Crippen MR) is 92.7 cm³/mol. The maximum Gasteiger partial charge on any atom is 0.249 e. The average Bonchev–Trinajstić information content (AvgIpc) is 3.25. The molecule has 1 aliphatic heterocycles. The van der Waals surface area contributed by atoms with E-state index in [9.17, 15) is 4.79 Å². The van der Waals surface area contributed by atoms with Gasteiger partial charge in [-0.2, -0.15) is 0 Å². The molecule has 1 aromatic carbocycles. The zero-order chi connectivity index (χ0) is 16.8. The highest BCUT2D eigenvalue weighted by atomic mass is 32.2. The number of thioether (sulfide) groups is 1. The Hall–Kier alpha value is -1.86. The molecule has 24 heavy (non-hydrogen) atoms. The van der Waals surface area contributed by atoms with Gasteiger partial charge in [-0.15, -0.1) is 10.2 Å². The fraction of sp³-hybridized carbons (Fsp3) is 0.471. The van der Waals surface area contributed by atoms with Gasteiger partial charge in [0.1, 0.15) is 11.9 Å². The smallest absolute Gasteiger partial charge is 0.249 e. The summed E-state index contributed by atoms with van der Waals surface area (Å²) in [5.41, 5.74) is 1.26. The van der Waals surface area contributed by atoms with Crippen molar-refractivity contribution in [1.29, 1.82) is 0 Å². The van der Waals surface area contributed by atoms with Gasteiger partial charge in [0, 0.05) is 32.4 Å². The van der Waals surface area contributed by atoms with Gasteiger partial charge in [-0.3, -0.25) is 4.79 Å². The molecule has 128 valence electrons. The van der Waals surface area contributed by atoms with E-state index in [0.29, 0.717) is 19.6 Å². The van der Waals surface area contributed by atoms with E-state index in [2.05, 4.69) is 27.6 Å². The number of benzene rings is 1. The van der Waals surface area contributed by atoms with Crippen LogP contribution in [-0.4, -0.2) is 39.9 Å². The summed E-state index contributed by atoms with van der Waals surface area (Å²) in [5, 5.41) is 12.3. The van der Waals surface area contributed by atoms with E-state index in [4.69, 9.17) is 4.74 Å². The van der Waals surface area contributed by atoms with E-state index in [1.165, 1.54) is 5.56 Å². The van der Waals surface area contributed by atoms with Crippen molar-refractivity contribution >= 4 is 17.7 Å². The monoisotopic (exact) mass is 346 g/mol. The third-order valence-electron chi connectivity index (χ3n) is 4.01. The number of hydrogen-bond donors (Lipinski definition) is 1. The van der Waals surface area contributed by atoms with Crippen LogP contribution >= 0.6 is 11.8 Å². The molecule has 6 nitrogen and oxygen atoms in total. The number of hydrogen-bond acceptors (Lipinski definition) is 5. The fourth-order valence-electron chi connectivity index (χ4n) is 2.61. The van der Waals surface area contributed by atoms with Crippen LogP contribution in [0.1, 0.15) is 24.2 Å². The molecule has 1 N–H and O–H groups in total. The van der Waals surface area contributed by atoms with Crippen molar-refractivity contribution in [2.24, 2.45) is 7.05 Å². The third-order valence-corrected chi connectivity index (χ3v) is 5.10. The van der Waals surface area contributed by atoms with Crippen molar-refractivity contribution in [1.82, 2.24) is 20.1 Å². The molecule has 7 heteroatoms. The number of carbonyl (C=O) groups is 1. The van der Waals surface area contributed by atoms with E-state index >= 15 is 0 Å². The number of nitrogens with one attached hydrogen (secondary N) is 1. The van der Waals surface area contributed by atoms with Crippen LogP contribution in [0.3, 0.4) is 0 Å². The van der Waals surface area contributed by atoms with Crippen molar-refractivity contribution in [2.45, 2.75) is 36.3 Å². The van der Waals surface area contributed by atoms with Gasteiger partial charge < -0.3 is 14.6 Å². The van der Waals surface area contributed by atoms with Crippen molar-refractivity contribution in [3.05, 3.63) is 41.7 Å². The Morgan fingerprint density at radius 2 is 2.21 bits per heavy atom. The lowest BCUT2D eigenvalue weighted by Gasteiger charge is -2.10. The summed E-state index contributed by atoms with van der Waals surface area (Å²) < 4.78 is 7.36. The topological polar surface area (TPSA) is 69.0 Å². The predicted octanol–water partition coefficient (Wildman–Crippen LogP) is 1.95. The summed E-state index contributed by atoms with van der Waals surface area (Å²) in [6.07, 6.45) is 2.16. The molecule has 0 unspecified atom stereocenters. The Labute approximate surface area is 146 Å². The Morgan fingerprint density at radius 3 is 2.96 bits per heavy atom. The van der Waals surface area contributed by atoms with E-state index in [1.807, 2.05) is 29.8 Å². The summed E-state index contributed by atoms with van der Waals surface area (Å²) in [5.74, 6) is 1.72. The van der Waals surface area contributed by atoms with E-state index in [1.54, 1.807) is 11.8 Å². The molecule has 2 heterocycles. The first-order valence-corrected chi connectivity index (χ1v) is 9.17. The lowest BCUT2D eigenvalue weighted by atomic mass is 10.2. The zero-order valence-corrected chi connectivity index (χ0v) is 14.6. The summed E-state index contributed by atoms with van der Waals surface area (Å²) >= 11 is 1.66. The van der Waals surface area contributed by atoms with Crippen LogP contribution in [0.5, 0.6) is 0 Å². The minimum Gasteiger partial charge on any atom is -0.368 e. The Morgan fingerprint density at radius 1 is 1.38 bits per heavy atom. The second-order valence-corrected chi connectivity index (χ2v) is 6.72. The minimum atomic E-state index is -0.276. The van der Waals surface area contributed by atoms with Gasteiger partial charge in [-0.25, -0.2) is 0 Å². The van der Waals surface area contributed by atoms with Crippen LogP contribution in [0.4, 0.5) is 0 Å². The Kier molecular flexibility index (Phi) is 5.87. The molecule has 1 amide bonds. The average molecular weight is 346 g/mol. The highest BCUT2D eigenvalue weighted by molar-refractivity contribution is 7.98. The molecule has 1 aromatic heterocycles. The largest absolute Gasteiger partial charge is 0.368 e. The molecule has 0 spiro atoms. The van der Waals surface area contributed by atoms with Gasteiger partial charge in [0.25, 0.3) is 0 Å². The number of rotatable bonds is 7. The van der Waals surface area contributed by atoms with E-state index < -0.39 is 0 Å². The second kappa shape index (κ2) is 8.30. The number of amides is 1. The number of carbonyl (C=O) groups excluding carboxylic acids is 1. The van der Waals surface area contributed by atoms with Crippen LogP contribution in [0.2, 0.25) is 0 Å². The third kappa shape index (κ3) is 4.36. The van der Waals surface area contributed by atoms with Gasteiger partial charge in [-0.1, -0.05) is 42.1 Å². The molecule has 1 atom stereocenters. The molecule has 0 saturated carbocycles. The second-order valence-electron chi connectivity index (χ2n) is 5.77. The zero-order valence-electron chi connectivity index (χ0n) is 13.8. The van der Waals surface area contributed by atoms with Gasteiger partial charge >= 0.3 is 0 Å². The SMILES string of the molecule is Cn1c(CCNC(=O)[C@@H]2CCCO2)nnc1SCc1ccccc1. The highest BCUT2D eigenvalue weighted by Gasteiger charge is 2.23. The molecule has 0 radical (unpaired) electrons. The molecular formula is C17H22N4O2S. The van der Waals surface area contributed by atoms with Gasteiger partial charge in [-0.05, 0) is 18.4 Å². The Bertz CT molecular complexity index is 668. The molecule has 0 bridgehead atoms. The first-order chi connectivity index (χ1) is 11.7. The molecular weight excluding hydrogens is 324 g/mol. The van der Waals surface area contributed by atoms with Gasteiger partial charge in [0.15, 0.2) is 5.16 Å². The van der Waals surface area contributed by atoms with Crippen LogP contribution in [-0.2, 0) is 28.8 Å². The maximum atomic E-state index is 11.9. The molecule has 1 fully saturated rings. The van der Waals surface area contributed by atoms with Gasteiger partial charge in [0.2, 0.25) is 5.91 Å². The van der Waals surface area contributed by atoms with Crippen molar-refractivity contribution in [3.63, 3.8) is 0 Å². The van der Waals surface area contributed by atoms with E-state index in [0.717, 1.165) is 29.6 Å². The fourth-order valence-corrected chi connectivity index (χ4v) is 3.49. The Balaban J connectivity index is 1.46. The van der Waals surface area contributed by atoms with Crippen molar-refractivity contribution in [3.8, 4) is 0 Å². The van der Waals surface area contributed by atoms with E-state index in [-0.39, 0.29) is 12.0 Å². The minimum absolute atomic E-state index is 0.0201. The maximum absolute atomic E-state index is 11.9. The van der Waals surface area contributed by atoms with Crippen molar-refractivity contribution in [2.75, 3.05) is 13.2 Å². The lowest BCUT2D eigenvalue weighted by molar-refractivity contribution is -0.130. The molecule has 2 aromatic rings. The molecule has 0 aliphatic carbocycles.